The van der Waals surface area contributed by atoms with E-state index in [1.54, 1.807) is 12.3 Å². The molecule has 0 aromatic carbocycles. The molecule has 0 saturated carbocycles. The van der Waals surface area contributed by atoms with Crippen LogP contribution in [0, 0.1) is 0 Å². The van der Waals surface area contributed by atoms with Crippen LogP contribution in [-0.2, 0) is 11.2 Å². The zero-order chi connectivity index (χ0) is 11.3. The minimum absolute atomic E-state index is 0.0243. The van der Waals surface area contributed by atoms with Gasteiger partial charge in [-0.15, -0.1) is 0 Å². The summed E-state index contributed by atoms with van der Waals surface area (Å²) in [7, 11) is 3.03. The lowest BCUT2D eigenvalue weighted by Gasteiger charge is -2.10. The van der Waals surface area contributed by atoms with Gasteiger partial charge in [-0.3, -0.25) is 9.78 Å². The van der Waals surface area contributed by atoms with Crippen LogP contribution in [-0.4, -0.2) is 30.3 Å². The molecular weight excluding hydrogens is 198 g/mol. The zero-order valence-corrected chi connectivity index (χ0v) is 8.69. The highest BCUT2D eigenvalue weighted by atomic mass is 16.5. The monoisotopic (exact) mass is 211 g/mol. The summed E-state index contributed by atoms with van der Waals surface area (Å²) in [5.74, 6) is 0.204. The molecule has 0 bridgehead atoms. The summed E-state index contributed by atoms with van der Waals surface area (Å²) in [6.07, 6.45) is 1.92. The molecule has 15 heavy (non-hydrogen) atoms. The molecule has 1 heterocycles. The summed E-state index contributed by atoms with van der Waals surface area (Å²) in [5, 5.41) is 8.57. The number of aryl methyl sites for hydroxylation is 1. The van der Waals surface area contributed by atoms with E-state index in [2.05, 4.69) is 4.98 Å². The first-order valence-electron chi connectivity index (χ1n) is 4.46. The van der Waals surface area contributed by atoms with E-state index in [0.717, 1.165) is 0 Å². The van der Waals surface area contributed by atoms with E-state index in [4.69, 9.17) is 14.6 Å². The second-order valence-electron chi connectivity index (χ2n) is 2.89. The van der Waals surface area contributed by atoms with E-state index in [1.807, 2.05) is 0 Å². The quantitative estimate of drug-likeness (QED) is 0.790. The molecule has 0 amide bonds. The first-order valence-corrected chi connectivity index (χ1v) is 4.46. The lowest BCUT2D eigenvalue weighted by atomic mass is 10.2. The molecule has 1 rings (SSSR count). The van der Waals surface area contributed by atoms with Gasteiger partial charge in [0.2, 0.25) is 0 Å². The largest absolute Gasteiger partial charge is 0.493 e. The number of pyridine rings is 1. The van der Waals surface area contributed by atoms with Crippen molar-refractivity contribution in [3.63, 3.8) is 0 Å². The number of aliphatic carboxylic acids is 1. The molecule has 0 aliphatic heterocycles. The summed E-state index contributed by atoms with van der Waals surface area (Å²) < 4.78 is 10.2. The Morgan fingerprint density at radius 3 is 2.73 bits per heavy atom. The van der Waals surface area contributed by atoms with Gasteiger partial charge in [-0.05, 0) is 0 Å². The SMILES string of the molecule is COc1ccnc(CCC(=O)O)c1OC. The van der Waals surface area contributed by atoms with Crippen molar-refractivity contribution in [3.8, 4) is 11.5 Å². The van der Waals surface area contributed by atoms with Crippen LogP contribution >= 0.6 is 0 Å². The molecule has 5 nitrogen and oxygen atoms in total. The van der Waals surface area contributed by atoms with Crippen molar-refractivity contribution < 1.29 is 19.4 Å². The molecule has 1 aromatic rings. The van der Waals surface area contributed by atoms with E-state index in [9.17, 15) is 4.79 Å². The Kier molecular flexibility index (Phi) is 3.91. The minimum atomic E-state index is -0.860. The third kappa shape index (κ3) is 2.83. The molecule has 0 aliphatic carbocycles. The fourth-order valence-electron chi connectivity index (χ4n) is 1.25. The lowest BCUT2D eigenvalue weighted by molar-refractivity contribution is -0.136. The van der Waals surface area contributed by atoms with Gasteiger partial charge in [0.25, 0.3) is 0 Å². The fourth-order valence-corrected chi connectivity index (χ4v) is 1.25. The van der Waals surface area contributed by atoms with Crippen LogP contribution in [0.25, 0.3) is 0 Å². The molecule has 82 valence electrons. The molecule has 0 aliphatic rings. The minimum Gasteiger partial charge on any atom is -0.493 e. The molecular formula is C10H13NO4. The number of aromatic nitrogens is 1. The van der Waals surface area contributed by atoms with Crippen molar-refractivity contribution in [2.45, 2.75) is 12.8 Å². The summed E-state index contributed by atoms with van der Waals surface area (Å²) >= 11 is 0. The highest BCUT2D eigenvalue weighted by Crippen LogP contribution is 2.29. The van der Waals surface area contributed by atoms with E-state index in [-0.39, 0.29) is 6.42 Å². The summed E-state index contributed by atoms with van der Waals surface area (Å²) in [5.41, 5.74) is 0.597. The molecule has 0 atom stereocenters. The van der Waals surface area contributed by atoms with Crippen LogP contribution in [0.5, 0.6) is 11.5 Å². The highest BCUT2D eigenvalue weighted by molar-refractivity contribution is 5.67. The average molecular weight is 211 g/mol. The number of hydrogen-bond donors (Lipinski definition) is 1. The maximum atomic E-state index is 10.4. The topological polar surface area (TPSA) is 68.7 Å². The molecule has 0 spiro atoms. The lowest BCUT2D eigenvalue weighted by Crippen LogP contribution is -2.02. The predicted molar refractivity (Wildman–Crippen MR) is 53.3 cm³/mol. The van der Waals surface area contributed by atoms with Crippen molar-refractivity contribution >= 4 is 5.97 Å². The highest BCUT2D eigenvalue weighted by Gasteiger charge is 2.11. The van der Waals surface area contributed by atoms with Crippen LogP contribution in [0.3, 0.4) is 0 Å². The van der Waals surface area contributed by atoms with Crippen LogP contribution in [0.15, 0.2) is 12.3 Å². The normalized spacial score (nSPS) is 9.73. The molecule has 0 radical (unpaired) electrons. The van der Waals surface area contributed by atoms with E-state index in [0.29, 0.717) is 23.6 Å². The first-order chi connectivity index (χ1) is 7.19. The van der Waals surface area contributed by atoms with Crippen LogP contribution in [0.1, 0.15) is 12.1 Å². The van der Waals surface area contributed by atoms with Gasteiger partial charge >= 0.3 is 5.97 Å². The standard InChI is InChI=1S/C10H13NO4/c1-14-8-5-6-11-7(10(8)15-2)3-4-9(12)13/h5-6H,3-4H2,1-2H3,(H,12,13). The maximum absolute atomic E-state index is 10.4. The third-order valence-corrected chi connectivity index (χ3v) is 1.94. The Hall–Kier alpha value is -1.78. The Labute approximate surface area is 87.7 Å². The van der Waals surface area contributed by atoms with E-state index in [1.165, 1.54) is 14.2 Å². The summed E-state index contributed by atoms with van der Waals surface area (Å²) in [6.45, 7) is 0. The Morgan fingerprint density at radius 2 is 2.20 bits per heavy atom. The van der Waals surface area contributed by atoms with Crippen LogP contribution in [0.4, 0.5) is 0 Å². The molecule has 0 fully saturated rings. The number of carboxylic acid groups (broad SMARTS) is 1. The van der Waals surface area contributed by atoms with Crippen molar-refractivity contribution in [1.29, 1.82) is 0 Å². The van der Waals surface area contributed by atoms with Crippen molar-refractivity contribution in [2.75, 3.05) is 14.2 Å². The Morgan fingerprint density at radius 1 is 1.47 bits per heavy atom. The van der Waals surface area contributed by atoms with Gasteiger partial charge in [-0.2, -0.15) is 0 Å². The van der Waals surface area contributed by atoms with Gasteiger partial charge in [-0.25, -0.2) is 0 Å². The van der Waals surface area contributed by atoms with E-state index < -0.39 is 5.97 Å². The summed E-state index contributed by atoms with van der Waals surface area (Å²) in [6, 6.07) is 1.67. The molecule has 1 aromatic heterocycles. The number of nitrogens with zero attached hydrogens (tertiary/aromatic N) is 1. The second kappa shape index (κ2) is 5.19. The van der Waals surface area contributed by atoms with Crippen molar-refractivity contribution in [3.05, 3.63) is 18.0 Å². The number of methoxy groups -OCH3 is 2. The molecule has 1 N–H and O–H groups in total. The third-order valence-electron chi connectivity index (χ3n) is 1.94. The number of rotatable bonds is 5. The first kappa shape index (κ1) is 11.3. The number of carboxylic acids is 1. The second-order valence-corrected chi connectivity index (χ2v) is 2.89. The number of ether oxygens (including phenoxy) is 2. The molecule has 5 heteroatoms. The molecule has 0 saturated heterocycles. The van der Waals surface area contributed by atoms with Gasteiger partial charge in [0.05, 0.1) is 26.3 Å². The van der Waals surface area contributed by atoms with Crippen LogP contribution < -0.4 is 9.47 Å². The van der Waals surface area contributed by atoms with E-state index >= 15 is 0 Å². The average Bonchev–Trinajstić information content (AvgIpc) is 2.25. The smallest absolute Gasteiger partial charge is 0.303 e. The van der Waals surface area contributed by atoms with Gasteiger partial charge in [0, 0.05) is 18.7 Å². The maximum Gasteiger partial charge on any atom is 0.303 e. The number of carbonyl (C=O) groups is 1. The predicted octanol–water partition coefficient (Wildman–Crippen LogP) is 1.12. The van der Waals surface area contributed by atoms with Crippen molar-refractivity contribution in [2.24, 2.45) is 0 Å². The van der Waals surface area contributed by atoms with Crippen molar-refractivity contribution in [1.82, 2.24) is 4.98 Å². The Bertz CT molecular complexity index is 351. The number of hydrogen-bond acceptors (Lipinski definition) is 4. The van der Waals surface area contributed by atoms with Crippen LogP contribution in [0.2, 0.25) is 0 Å². The zero-order valence-electron chi connectivity index (χ0n) is 8.69. The van der Waals surface area contributed by atoms with Gasteiger partial charge in [0.1, 0.15) is 0 Å². The van der Waals surface area contributed by atoms with Gasteiger partial charge in [-0.1, -0.05) is 0 Å². The molecule has 0 unspecified atom stereocenters. The van der Waals surface area contributed by atoms with Gasteiger partial charge in [0.15, 0.2) is 11.5 Å². The van der Waals surface area contributed by atoms with Gasteiger partial charge < -0.3 is 14.6 Å². The Balaban J connectivity index is 2.90. The summed E-state index contributed by atoms with van der Waals surface area (Å²) in [4.78, 5) is 14.5. The fraction of sp³-hybridized carbons (Fsp3) is 0.400.